The Morgan fingerprint density at radius 1 is 1.10 bits per heavy atom. The van der Waals surface area contributed by atoms with Gasteiger partial charge in [0.2, 0.25) is 0 Å². The molecule has 2 rings (SSSR count). The highest BCUT2D eigenvalue weighted by atomic mass is 35.5. The number of hydrogen-bond acceptors (Lipinski definition) is 3. The molecule has 0 saturated heterocycles. The zero-order chi connectivity index (χ0) is 14.4. The van der Waals surface area contributed by atoms with Gasteiger partial charge in [-0.1, -0.05) is 17.7 Å². The van der Waals surface area contributed by atoms with Crippen molar-refractivity contribution in [3.63, 3.8) is 0 Å². The fourth-order valence-corrected chi connectivity index (χ4v) is 1.61. The van der Waals surface area contributed by atoms with E-state index in [4.69, 9.17) is 11.6 Å². The number of benzene rings is 1. The fraction of sp³-hybridized carbons (Fsp3) is 0.0714. The van der Waals surface area contributed by atoms with Gasteiger partial charge < -0.3 is 10.6 Å². The van der Waals surface area contributed by atoms with Crippen molar-refractivity contribution >= 4 is 29.1 Å². The highest BCUT2D eigenvalue weighted by Crippen LogP contribution is 2.13. The van der Waals surface area contributed by atoms with Gasteiger partial charge in [-0.3, -0.25) is 14.6 Å². The molecule has 0 fully saturated rings. The maximum atomic E-state index is 11.6. The third-order valence-electron chi connectivity index (χ3n) is 2.48. The van der Waals surface area contributed by atoms with E-state index < -0.39 is 11.8 Å². The first-order chi connectivity index (χ1) is 9.65. The molecule has 0 saturated carbocycles. The zero-order valence-electron chi connectivity index (χ0n) is 10.5. The first-order valence-electron chi connectivity index (χ1n) is 5.89. The van der Waals surface area contributed by atoms with Crippen LogP contribution in [-0.2, 0) is 16.1 Å². The first kappa shape index (κ1) is 14.0. The van der Waals surface area contributed by atoms with Crippen LogP contribution in [0.4, 0.5) is 5.69 Å². The fourth-order valence-electron chi connectivity index (χ4n) is 1.49. The number of hydrogen-bond donors (Lipinski definition) is 2. The third-order valence-corrected chi connectivity index (χ3v) is 2.74. The van der Waals surface area contributed by atoms with E-state index >= 15 is 0 Å². The van der Waals surface area contributed by atoms with Gasteiger partial charge in [-0.05, 0) is 35.9 Å². The van der Waals surface area contributed by atoms with E-state index in [0.29, 0.717) is 10.7 Å². The lowest BCUT2D eigenvalue weighted by Crippen LogP contribution is -2.34. The molecular formula is C14H12ClN3O2. The Morgan fingerprint density at radius 2 is 1.85 bits per heavy atom. The Hall–Kier alpha value is -2.40. The second-order valence-corrected chi connectivity index (χ2v) is 4.44. The minimum atomic E-state index is -0.726. The summed E-state index contributed by atoms with van der Waals surface area (Å²) in [4.78, 5) is 27.2. The van der Waals surface area contributed by atoms with Crippen LogP contribution in [0.2, 0.25) is 5.02 Å². The van der Waals surface area contributed by atoms with Crippen molar-refractivity contribution in [2.24, 2.45) is 0 Å². The molecule has 1 heterocycles. The van der Waals surface area contributed by atoms with Crippen LogP contribution >= 0.6 is 11.6 Å². The van der Waals surface area contributed by atoms with Gasteiger partial charge in [0.15, 0.2) is 0 Å². The molecule has 0 aliphatic carbocycles. The minimum absolute atomic E-state index is 0.251. The van der Waals surface area contributed by atoms with Crippen molar-refractivity contribution in [1.29, 1.82) is 0 Å². The Balaban J connectivity index is 1.86. The molecule has 5 nitrogen and oxygen atoms in total. The summed E-state index contributed by atoms with van der Waals surface area (Å²) in [6, 6.07) is 10.1. The number of nitrogens with zero attached hydrogens (tertiary/aromatic N) is 1. The monoisotopic (exact) mass is 289 g/mol. The molecule has 1 aromatic carbocycles. The van der Waals surface area contributed by atoms with Crippen LogP contribution in [0.25, 0.3) is 0 Å². The van der Waals surface area contributed by atoms with Gasteiger partial charge in [-0.25, -0.2) is 0 Å². The van der Waals surface area contributed by atoms with E-state index in [9.17, 15) is 9.59 Å². The molecule has 0 radical (unpaired) electrons. The number of aromatic nitrogens is 1. The number of rotatable bonds is 3. The number of nitrogens with one attached hydrogen (secondary N) is 2. The van der Waals surface area contributed by atoms with Crippen LogP contribution in [-0.4, -0.2) is 16.8 Å². The van der Waals surface area contributed by atoms with Crippen molar-refractivity contribution in [3.8, 4) is 0 Å². The highest BCUT2D eigenvalue weighted by molar-refractivity contribution is 6.39. The van der Waals surface area contributed by atoms with E-state index in [1.54, 1.807) is 42.7 Å². The molecule has 1 aromatic heterocycles. The molecule has 0 bridgehead atoms. The summed E-state index contributed by atoms with van der Waals surface area (Å²) in [5.74, 6) is -1.43. The van der Waals surface area contributed by atoms with Crippen LogP contribution in [0.3, 0.4) is 0 Å². The summed E-state index contributed by atoms with van der Waals surface area (Å²) in [5, 5.41) is 5.55. The molecule has 6 heteroatoms. The third kappa shape index (κ3) is 4.07. The lowest BCUT2D eigenvalue weighted by Gasteiger charge is -2.06. The molecule has 0 aliphatic rings. The first-order valence-corrected chi connectivity index (χ1v) is 6.26. The number of anilines is 1. The Labute approximate surface area is 121 Å². The van der Waals surface area contributed by atoms with E-state index in [1.165, 1.54) is 0 Å². The summed E-state index contributed by atoms with van der Waals surface area (Å²) in [6.07, 6.45) is 3.26. The summed E-state index contributed by atoms with van der Waals surface area (Å²) in [6.45, 7) is 0.251. The molecule has 102 valence electrons. The van der Waals surface area contributed by atoms with Gasteiger partial charge in [0, 0.05) is 29.6 Å². The van der Waals surface area contributed by atoms with Crippen molar-refractivity contribution in [2.45, 2.75) is 6.54 Å². The molecule has 2 aromatic rings. The minimum Gasteiger partial charge on any atom is -0.344 e. The van der Waals surface area contributed by atoms with Crippen molar-refractivity contribution in [2.75, 3.05) is 5.32 Å². The van der Waals surface area contributed by atoms with Crippen LogP contribution in [0.1, 0.15) is 5.56 Å². The summed E-state index contributed by atoms with van der Waals surface area (Å²) in [5.41, 5.74) is 1.33. The maximum absolute atomic E-state index is 11.6. The Kier molecular flexibility index (Phi) is 4.68. The van der Waals surface area contributed by atoms with Gasteiger partial charge in [-0.15, -0.1) is 0 Å². The van der Waals surface area contributed by atoms with Crippen LogP contribution < -0.4 is 10.6 Å². The molecule has 0 spiro atoms. The number of halogens is 1. The molecule has 20 heavy (non-hydrogen) atoms. The van der Waals surface area contributed by atoms with E-state index in [1.807, 2.05) is 6.07 Å². The van der Waals surface area contributed by atoms with Crippen molar-refractivity contribution in [1.82, 2.24) is 10.3 Å². The predicted molar refractivity (Wildman–Crippen MR) is 76.2 cm³/mol. The SMILES string of the molecule is O=C(NCc1cccnc1)C(=O)Nc1ccc(Cl)cc1. The maximum Gasteiger partial charge on any atom is 0.313 e. The quantitative estimate of drug-likeness (QED) is 0.849. The van der Waals surface area contributed by atoms with Gasteiger partial charge in [0.1, 0.15) is 0 Å². The van der Waals surface area contributed by atoms with Gasteiger partial charge >= 0.3 is 11.8 Å². The molecule has 2 N–H and O–H groups in total. The average Bonchev–Trinajstić information content (AvgIpc) is 2.48. The number of carbonyl (C=O) groups is 2. The molecule has 2 amide bonds. The van der Waals surface area contributed by atoms with Crippen LogP contribution in [0, 0.1) is 0 Å². The zero-order valence-corrected chi connectivity index (χ0v) is 11.2. The largest absolute Gasteiger partial charge is 0.344 e. The lowest BCUT2D eigenvalue weighted by atomic mass is 10.3. The van der Waals surface area contributed by atoms with E-state index in [0.717, 1.165) is 5.56 Å². The van der Waals surface area contributed by atoms with E-state index in [-0.39, 0.29) is 6.54 Å². The molecule has 0 unspecified atom stereocenters. The molecule has 0 atom stereocenters. The Morgan fingerprint density at radius 3 is 2.50 bits per heavy atom. The number of pyridine rings is 1. The van der Waals surface area contributed by atoms with Crippen molar-refractivity contribution < 1.29 is 9.59 Å². The number of carbonyl (C=O) groups excluding carboxylic acids is 2. The summed E-state index contributed by atoms with van der Waals surface area (Å²) >= 11 is 5.73. The Bertz CT molecular complexity index is 600. The standard InChI is InChI=1S/C14H12ClN3O2/c15-11-3-5-12(6-4-11)18-14(20)13(19)17-9-10-2-1-7-16-8-10/h1-8H,9H2,(H,17,19)(H,18,20). The van der Waals surface area contributed by atoms with Crippen LogP contribution in [0.5, 0.6) is 0 Å². The van der Waals surface area contributed by atoms with Crippen molar-refractivity contribution in [3.05, 3.63) is 59.4 Å². The van der Waals surface area contributed by atoms with Gasteiger partial charge in [-0.2, -0.15) is 0 Å². The molecular weight excluding hydrogens is 278 g/mol. The average molecular weight is 290 g/mol. The van der Waals surface area contributed by atoms with E-state index in [2.05, 4.69) is 15.6 Å². The number of amides is 2. The second kappa shape index (κ2) is 6.68. The molecule has 0 aliphatic heterocycles. The predicted octanol–water partition coefficient (Wildman–Crippen LogP) is 1.99. The summed E-state index contributed by atoms with van der Waals surface area (Å²) in [7, 11) is 0. The topological polar surface area (TPSA) is 71.1 Å². The normalized spacial score (nSPS) is 9.85. The highest BCUT2D eigenvalue weighted by Gasteiger charge is 2.13. The van der Waals surface area contributed by atoms with Gasteiger partial charge in [0.05, 0.1) is 0 Å². The van der Waals surface area contributed by atoms with Crippen LogP contribution in [0.15, 0.2) is 48.8 Å². The van der Waals surface area contributed by atoms with Gasteiger partial charge in [0.25, 0.3) is 0 Å². The smallest absolute Gasteiger partial charge is 0.313 e. The lowest BCUT2D eigenvalue weighted by molar-refractivity contribution is -0.136. The second-order valence-electron chi connectivity index (χ2n) is 4.00. The summed E-state index contributed by atoms with van der Waals surface area (Å²) < 4.78 is 0.